The highest BCUT2D eigenvalue weighted by molar-refractivity contribution is 5.71. The fraction of sp³-hybridized carbons (Fsp3) is 0.583. The highest BCUT2D eigenvalue weighted by Crippen LogP contribution is 2.32. The molecule has 1 unspecified atom stereocenters. The number of nitrogens with zero attached hydrogens (tertiary/aromatic N) is 1. The van der Waals surface area contributed by atoms with Gasteiger partial charge in [0.15, 0.2) is 0 Å². The Morgan fingerprint density at radius 2 is 2.33 bits per heavy atom. The van der Waals surface area contributed by atoms with Gasteiger partial charge in [0.1, 0.15) is 5.82 Å². The van der Waals surface area contributed by atoms with E-state index < -0.39 is 0 Å². The van der Waals surface area contributed by atoms with Gasteiger partial charge in [-0.1, -0.05) is 20.8 Å². The van der Waals surface area contributed by atoms with Gasteiger partial charge < -0.3 is 10.6 Å². The molecule has 2 N–H and O–H groups in total. The van der Waals surface area contributed by atoms with Crippen LogP contribution in [0.15, 0.2) is 12.3 Å². The van der Waals surface area contributed by atoms with Crippen LogP contribution in [0.4, 0.5) is 11.5 Å². The quantitative estimate of drug-likeness (QED) is 0.779. The molecule has 1 aromatic heterocycles. The minimum Gasteiger partial charge on any atom is -0.377 e. The molecule has 0 radical (unpaired) electrons. The lowest BCUT2D eigenvalue weighted by atomic mass is 10.0. The summed E-state index contributed by atoms with van der Waals surface area (Å²) in [6.45, 7) is 7.60. The Hall–Kier alpha value is -1.25. The van der Waals surface area contributed by atoms with Crippen molar-refractivity contribution in [3.63, 3.8) is 0 Å². The Bertz CT molecular complexity index is 347. The lowest BCUT2D eigenvalue weighted by molar-refractivity contribution is 0.703. The number of rotatable bonds is 2. The first-order valence-electron chi connectivity index (χ1n) is 5.71. The van der Waals surface area contributed by atoms with Crippen molar-refractivity contribution in [2.24, 2.45) is 0 Å². The fourth-order valence-electron chi connectivity index (χ4n) is 1.96. The summed E-state index contributed by atoms with van der Waals surface area (Å²) >= 11 is 0. The Morgan fingerprint density at radius 3 is 3.00 bits per heavy atom. The molecule has 1 aliphatic heterocycles. The molecule has 2 rings (SSSR count). The number of nitrogens with one attached hydrogen (secondary N) is 2. The number of aromatic nitrogens is 1. The van der Waals surface area contributed by atoms with Gasteiger partial charge in [0, 0.05) is 18.8 Å². The largest absolute Gasteiger partial charge is 0.377 e. The van der Waals surface area contributed by atoms with Crippen molar-refractivity contribution in [2.45, 2.75) is 39.2 Å². The van der Waals surface area contributed by atoms with Gasteiger partial charge in [-0.3, -0.25) is 0 Å². The monoisotopic (exact) mass is 205 g/mol. The van der Waals surface area contributed by atoms with E-state index in [4.69, 9.17) is 0 Å². The van der Waals surface area contributed by atoms with Crippen molar-refractivity contribution in [1.82, 2.24) is 4.98 Å². The van der Waals surface area contributed by atoms with Gasteiger partial charge in [0.2, 0.25) is 0 Å². The Labute approximate surface area is 91.3 Å². The van der Waals surface area contributed by atoms with Crippen LogP contribution in [0, 0.1) is 0 Å². The van der Waals surface area contributed by atoms with E-state index in [1.165, 1.54) is 11.3 Å². The third kappa shape index (κ3) is 1.91. The third-order valence-electron chi connectivity index (χ3n) is 2.96. The van der Waals surface area contributed by atoms with E-state index in [0.29, 0.717) is 12.0 Å². The van der Waals surface area contributed by atoms with E-state index in [9.17, 15) is 0 Å². The topological polar surface area (TPSA) is 37.0 Å². The van der Waals surface area contributed by atoms with Crippen LogP contribution in [0.2, 0.25) is 0 Å². The summed E-state index contributed by atoms with van der Waals surface area (Å²) in [5.74, 6) is 1.54. The molecule has 0 aromatic carbocycles. The SMILES string of the molecule is CCC1CNc2nccc(C(C)C)c2N1. The Morgan fingerprint density at radius 1 is 1.53 bits per heavy atom. The van der Waals surface area contributed by atoms with Gasteiger partial charge in [0.25, 0.3) is 0 Å². The van der Waals surface area contributed by atoms with Crippen molar-refractivity contribution in [3.05, 3.63) is 17.8 Å². The van der Waals surface area contributed by atoms with Crippen LogP contribution in [-0.4, -0.2) is 17.6 Å². The zero-order chi connectivity index (χ0) is 10.8. The van der Waals surface area contributed by atoms with Gasteiger partial charge in [-0.2, -0.15) is 0 Å². The summed E-state index contributed by atoms with van der Waals surface area (Å²) in [6, 6.07) is 2.63. The Balaban J connectivity index is 2.36. The molecule has 0 aliphatic carbocycles. The minimum atomic E-state index is 0.527. The van der Waals surface area contributed by atoms with Crippen molar-refractivity contribution in [3.8, 4) is 0 Å². The second-order valence-electron chi connectivity index (χ2n) is 4.41. The molecular formula is C12H19N3. The first-order chi connectivity index (χ1) is 7.22. The van der Waals surface area contributed by atoms with E-state index in [1.807, 2.05) is 6.20 Å². The molecule has 15 heavy (non-hydrogen) atoms. The lowest BCUT2D eigenvalue weighted by Crippen LogP contribution is -2.33. The summed E-state index contributed by atoms with van der Waals surface area (Å²) in [6.07, 6.45) is 3.02. The van der Waals surface area contributed by atoms with Gasteiger partial charge in [-0.25, -0.2) is 4.98 Å². The van der Waals surface area contributed by atoms with E-state index in [2.05, 4.69) is 42.5 Å². The number of pyridine rings is 1. The minimum absolute atomic E-state index is 0.527. The third-order valence-corrected chi connectivity index (χ3v) is 2.96. The standard InChI is InChI=1S/C12H19N3/c1-4-9-7-14-12-11(15-9)10(8(2)3)5-6-13-12/h5-6,8-9,15H,4,7H2,1-3H3,(H,13,14). The zero-order valence-corrected chi connectivity index (χ0v) is 9.67. The van der Waals surface area contributed by atoms with Crippen LogP contribution in [-0.2, 0) is 0 Å². The smallest absolute Gasteiger partial charge is 0.149 e. The summed E-state index contributed by atoms with van der Waals surface area (Å²) < 4.78 is 0. The predicted octanol–water partition coefficient (Wildman–Crippen LogP) is 2.82. The molecule has 82 valence electrons. The summed E-state index contributed by atoms with van der Waals surface area (Å²) in [4.78, 5) is 4.36. The zero-order valence-electron chi connectivity index (χ0n) is 9.67. The molecule has 0 saturated heterocycles. The van der Waals surface area contributed by atoms with Gasteiger partial charge in [-0.15, -0.1) is 0 Å². The first-order valence-corrected chi connectivity index (χ1v) is 5.71. The maximum Gasteiger partial charge on any atom is 0.149 e. The average molecular weight is 205 g/mol. The predicted molar refractivity (Wildman–Crippen MR) is 64.5 cm³/mol. The first kappa shape index (κ1) is 10.3. The molecule has 3 heteroatoms. The lowest BCUT2D eigenvalue weighted by Gasteiger charge is -2.29. The molecular weight excluding hydrogens is 186 g/mol. The molecule has 2 heterocycles. The number of fused-ring (bicyclic) bond motifs is 1. The van der Waals surface area contributed by atoms with Crippen LogP contribution in [0.1, 0.15) is 38.7 Å². The average Bonchev–Trinajstić information content (AvgIpc) is 2.27. The van der Waals surface area contributed by atoms with Crippen molar-refractivity contribution in [2.75, 3.05) is 17.2 Å². The summed E-state index contributed by atoms with van der Waals surface area (Å²) in [7, 11) is 0. The van der Waals surface area contributed by atoms with Gasteiger partial charge in [-0.05, 0) is 24.0 Å². The molecule has 1 aromatic rings. The molecule has 0 bridgehead atoms. The molecule has 0 spiro atoms. The van der Waals surface area contributed by atoms with E-state index in [1.54, 1.807) is 0 Å². The van der Waals surface area contributed by atoms with Crippen LogP contribution >= 0.6 is 0 Å². The second kappa shape index (κ2) is 4.09. The van der Waals surface area contributed by atoms with E-state index in [0.717, 1.165) is 18.8 Å². The van der Waals surface area contributed by atoms with Crippen LogP contribution in [0.3, 0.4) is 0 Å². The van der Waals surface area contributed by atoms with Gasteiger partial charge in [0.05, 0.1) is 5.69 Å². The molecule has 0 amide bonds. The molecule has 0 saturated carbocycles. The van der Waals surface area contributed by atoms with Crippen molar-refractivity contribution < 1.29 is 0 Å². The van der Waals surface area contributed by atoms with Crippen LogP contribution in [0.5, 0.6) is 0 Å². The van der Waals surface area contributed by atoms with Crippen molar-refractivity contribution >= 4 is 11.5 Å². The number of hydrogen-bond acceptors (Lipinski definition) is 3. The molecule has 0 fully saturated rings. The number of anilines is 2. The highest BCUT2D eigenvalue weighted by atomic mass is 15.1. The van der Waals surface area contributed by atoms with E-state index >= 15 is 0 Å². The highest BCUT2D eigenvalue weighted by Gasteiger charge is 2.20. The number of hydrogen-bond donors (Lipinski definition) is 2. The maximum absolute atomic E-state index is 4.36. The fourth-order valence-corrected chi connectivity index (χ4v) is 1.96. The van der Waals surface area contributed by atoms with Crippen molar-refractivity contribution in [1.29, 1.82) is 0 Å². The Kier molecular flexibility index (Phi) is 2.80. The van der Waals surface area contributed by atoms with E-state index in [-0.39, 0.29) is 0 Å². The summed E-state index contributed by atoms with van der Waals surface area (Å²) in [5, 5.41) is 6.96. The normalized spacial score (nSPS) is 19.3. The van der Waals surface area contributed by atoms with Crippen LogP contribution < -0.4 is 10.6 Å². The molecule has 1 aliphatic rings. The maximum atomic E-state index is 4.36. The summed E-state index contributed by atoms with van der Waals surface area (Å²) in [5.41, 5.74) is 2.55. The van der Waals surface area contributed by atoms with Crippen LogP contribution in [0.25, 0.3) is 0 Å². The van der Waals surface area contributed by atoms with Gasteiger partial charge >= 0.3 is 0 Å². The molecule has 1 atom stereocenters. The molecule has 3 nitrogen and oxygen atoms in total. The second-order valence-corrected chi connectivity index (χ2v) is 4.41.